The Morgan fingerprint density at radius 3 is 2.44 bits per heavy atom. The third-order valence-electron chi connectivity index (χ3n) is 1.92. The zero-order valence-electron chi connectivity index (χ0n) is 9.35. The minimum absolute atomic E-state index is 0.283. The van der Waals surface area contributed by atoms with E-state index in [0.717, 1.165) is 13.2 Å². The number of sulfone groups is 1. The van der Waals surface area contributed by atoms with Crippen molar-refractivity contribution >= 4 is 15.6 Å². The van der Waals surface area contributed by atoms with E-state index < -0.39 is 39.4 Å². The predicted molar refractivity (Wildman–Crippen MR) is 52.3 cm³/mol. The summed E-state index contributed by atoms with van der Waals surface area (Å²) >= 11 is 0. The minimum Gasteiger partial charge on any atom is -0.339 e. The van der Waals surface area contributed by atoms with Crippen LogP contribution in [0.1, 0.15) is 24.6 Å². The topological polar surface area (TPSA) is 90.1 Å². The van der Waals surface area contributed by atoms with Crippen LogP contribution in [0.4, 0.5) is 13.2 Å². The highest BCUT2D eigenvalue weighted by Crippen LogP contribution is 2.26. The molecule has 0 spiro atoms. The molecular formula is C8H9F3N2O4S. The summed E-state index contributed by atoms with van der Waals surface area (Å²) in [5.41, 5.74) is 0. The zero-order chi connectivity index (χ0) is 14.1. The van der Waals surface area contributed by atoms with Crippen molar-refractivity contribution in [1.82, 2.24) is 10.1 Å². The molecule has 1 aromatic rings. The highest BCUT2D eigenvalue weighted by atomic mass is 32.2. The first-order chi connectivity index (χ1) is 8.00. The second-order valence-corrected chi connectivity index (χ2v) is 5.84. The summed E-state index contributed by atoms with van der Waals surface area (Å²) in [4.78, 5) is 14.3. The van der Waals surface area contributed by atoms with E-state index in [2.05, 4.69) is 14.7 Å². The van der Waals surface area contributed by atoms with Crippen molar-refractivity contribution in [3.63, 3.8) is 0 Å². The number of hydrogen-bond donors (Lipinski definition) is 0. The van der Waals surface area contributed by atoms with Gasteiger partial charge in [-0.3, -0.25) is 4.79 Å². The van der Waals surface area contributed by atoms with Crippen LogP contribution in [-0.4, -0.2) is 36.8 Å². The second kappa shape index (κ2) is 4.67. The molecule has 0 bridgehead atoms. The summed E-state index contributed by atoms with van der Waals surface area (Å²) in [5.74, 6) is -5.10. The van der Waals surface area contributed by atoms with Crippen LogP contribution in [0, 0.1) is 0 Å². The molecule has 0 aromatic carbocycles. The quantitative estimate of drug-likeness (QED) is 0.815. The summed E-state index contributed by atoms with van der Waals surface area (Å²) in [6.45, 7) is 0.952. The number of ketones is 1. The lowest BCUT2D eigenvalue weighted by Gasteiger charge is -2.08. The summed E-state index contributed by atoms with van der Waals surface area (Å²) in [6, 6.07) is 0. The lowest BCUT2D eigenvalue weighted by molar-refractivity contribution is -0.172. The van der Waals surface area contributed by atoms with Crippen LogP contribution < -0.4 is 0 Å². The molecule has 1 heterocycles. The molecule has 1 atom stereocenters. The Bertz CT molecular complexity index is 549. The molecular weight excluding hydrogens is 277 g/mol. The van der Waals surface area contributed by atoms with Crippen LogP contribution in [0.2, 0.25) is 0 Å². The summed E-state index contributed by atoms with van der Waals surface area (Å²) < 4.78 is 62.6. The van der Waals surface area contributed by atoms with Gasteiger partial charge in [0.15, 0.2) is 15.7 Å². The standard InChI is InChI=1S/C8H9F3N2O4S/c1-4(6(14)8(9,10)11)7-12-5(13-17-7)3-18(2,15)16/h4H,3H2,1-2H3. The summed E-state index contributed by atoms with van der Waals surface area (Å²) in [7, 11) is -3.43. The van der Waals surface area contributed by atoms with E-state index in [4.69, 9.17) is 0 Å². The Balaban J connectivity index is 2.90. The predicted octanol–water partition coefficient (Wildman–Crippen LogP) is 0.849. The first-order valence-corrected chi connectivity index (χ1v) is 6.68. The van der Waals surface area contributed by atoms with E-state index in [1.54, 1.807) is 0 Å². The molecule has 102 valence electrons. The van der Waals surface area contributed by atoms with Crippen LogP contribution in [0.15, 0.2) is 4.52 Å². The van der Waals surface area contributed by atoms with Gasteiger partial charge in [-0.15, -0.1) is 0 Å². The fraction of sp³-hybridized carbons (Fsp3) is 0.625. The van der Waals surface area contributed by atoms with Gasteiger partial charge in [0.1, 0.15) is 11.7 Å². The maximum Gasteiger partial charge on any atom is 0.450 e. The van der Waals surface area contributed by atoms with Gasteiger partial charge < -0.3 is 4.52 Å². The van der Waals surface area contributed by atoms with Gasteiger partial charge >= 0.3 is 6.18 Å². The Morgan fingerprint density at radius 1 is 1.44 bits per heavy atom. The molecule has 0 aliphatic carbocycles. The molecule has 0 radical (unpaired) electrons. The number of carbonyl (C=O) groups excluding carboxylic acids is 1. The van der Waals surface area contributed by atoms with E-state index in [0.29, 0.717) is 0 Å². The van der Waals surface area contributed by atoms with Gasteiger partial charge in [0.25, 0.3) is 0 Å². The molecule has 0 N–H and O–H groups in total. The fourth-order valence-electron chi connectivity index (χ4n) is 1.09. The first-order valence-electron chi connectivity index (χ1n) is 4.62. The smallest absolute Gasteiger partial charge is 0.339 e. The Kier molecular flexibility index (Phi) is 3.79. The molecule has 1 unspecified atom stereocenters. The SMILES string of the molecule is CC(C(=O)C(F)(F)F)c1nc(CS(C)(=O)=O)no1. The van der Waals surface area contributed by atoms with Crippen LogP contribution >= 0.6 is 0 Å². The molecule has 0 amide bonds. The van der Waals surface area contributed by atoms with E-state index in [1.807, 2.05) is 0 Å². The number of rotatable bonds is 4. The highest BCUT2D eigenvalue weighted by Gasteiger charge is 2.44. The van der Waals surface area contributed by atoms with Gasteiger partial charge in [-0.2, -0.15) is 18.2 Å². The third-order valence-corrected chi connectivity index (χ3v) is 2.70. The molecule has 0 aliphatic heterocycles. The third kappa shape index (κ3) is 3.79. The van der Waals surface area contributed by atoms with Gasteiger partial charge in [0.05, 0.1) is 0 Å². The molecule has 1 rings (SSSR count). The number of halogens is 3. The molecule has 0 aliphatic rings. The van der Waals surface area contributed by atoms with Crippen molar-refractivity contribution in [2.75, 3.05) is 6.26 Å². The van der Waals surface area contributed by atoms with E-state index >= 15 is 0 Å². The molecule has 10 heteroatoms. The van der Waals surface area contributed by atoms with Crippen LogP contribution in [0.5, 0.6) is 0 Å². The van der Waals surface area contributed by atoms with Crippen molar-refractivity contribution in [2.45, 2.75) is 24.8 Å². The second-order valence-electron chi connectivity index (χ2n) is 3.70. The number of Topliss-reactive ketones (excluding diaryl/α,β-unsaturated/α-hetero) is 1. The number of aromatic nitrogens is 2. The maximum absolute atomic E-state index is 12.1. The number of hydrogen-bond acceptors (Lipinski definition) is 6. The normalized spacial score (nSPS) is 14.5. The van der Waals surface area contributed by atoms with Crippen molar-refractivity contribution in [3.05, 3.63) is 11.7 Å². The van der Waals surface area contributed by atoms with Gasteiger partial charge in [-0.25, -0.2) is 8.42 Å². The van der Waals surface area contributed by atoms with E-state index in [1.165, 1.54) is 0 Å². The van der Waals surface area contributed by atoms with Crippen molar-refractivity contribution in [1.29, 1.82) is 0 Å². The van der Waals surface area contributed by atoms with E-state index in [-0.39, 0.29) is 5.82 Å². The Morgan fingerprint density at radius 2 is 2.00 bits per heavy atom. The monoisotopic (exact) mass is 286 g/mol. The van der Waals surface area contributed by atoms with Crippen molar-refractivity contribution in [3.8, 4) is 0 Å². The largest absolute Gasteiger partial charge is 0.450 e. The lowest BCUT2D eigenvalue weighted by atomic mass is 10.1. The first kappa shape index (κ1) is 14.6. The average Bonchev–Trinajstić information content (AvgIpc) is 2.59. The van der Waals surface area contributed by atoms with E-state index in [9.17, 15) is 26.4 Å². The Labute approximate surface area is 100 Å². The van der Waals surface area contributed by atoms with Gasteiger partial charge in [0, 0.05) is 6.26 Å². The molecule has 0 saturated heterocycles. The number of alkyl halides is 3. The summed E-state index contributed by atoms with van der Waals surface area (Å²) in [6.07, 6.45) is -4.10. The minimum atomic E-state index is -5.01. The van der Waals surface area contributed by atoms with Gasteiger partial charge in [-0.05, 0) is 6.92 Å². The van der Waals surface area contributed by atoms with Crippen molar-refractivity contribution in [2.24, 2.45) is 0 Å². The lowest BCUT2D eigenvalue weighted by Crippen LogP contribution is -2.27. The van der Waals surface area contributed by atoms with Crippen molar-refractivity contribution < 1.29 is 30.9 Å². The number of nitrogens with zero attached hydrogens (tertiary/aromatic N) is 2. The zero-order valence-corrected chi connectivity index (χ0v) is 10.2. The molecule has 0 saturated carbocycles. The highest BCUT2D eigenvalue weighted by molar-refractivity contribution is 7.89. The van der Waals surface area contributed by atoms with Crippen LogP contribution in [-0.2, 0) is 20.4 Å². The van der Waals surface area contributed by atoms with Crippen LogP contribution in [0.3, 0.4) is 0 Å². The molecule has 1 aromatic heterocycles. The fourth-order valence-corrected chi connectivity index (χ4v) is 1.68. The molecule has 6 nitrogen and oxygen atoms in total. The maximum atomic E-state index is 12.1. The molecule has 18 heavy (non-hydrogen) atoms. The summed E-state index contributed by atoms with van der Waals surface area (Å²) in [5, 5.41) is 3.20. The molecule has 0 fully saturated rings. The van der Waals surface area contributed by atoms with Gasteiger partial charge in [0.2, 0.25) is 11.7 Å². The Hall–Kier alpha value is -1.45. The average molecular weight is 286 g/mol. The van der Waals surface area contributed by atoms with Gasteiger partial charge in [-0.1, -0.05) is 5.16 Å². The number of carbonyl (C=O) groups is 1. The van der Waals surface area contributed by atoms with Crippen LogP contribution in [0.25, 0.3) is 0 Å².